The number of amidine groups is 1. The lowest BCUT2D eigenvalue weighted by atomic mass is 10.2. The zero-order chi connectivity index (χ0) is 19.8. The summed E-state index contributed by atoms with van der Waals surface area (Å²) < 4.78 is 11.6. The Bertz CT molecular complexity index is 955. The fraction of sp³-hybridized carbons (Fsp3) is 0.300. The molecule has 146 valence electrons. The number of furan rings is 1. The van der Waals surface area contributed by atoms with Gasteiger partial charge in [-0.1, -0.05) is 29.3 Å². The summed E-state index contributed by atoms with van der Waals surface area (Å²) in [6.07, 6.45) is 1.90. The number of carbonyl (C=O) groups is 1. The van der Waals surface area contributed by atoms with Crippen LogP contribution in [0.3, 0.4) is 0 Å². The maximum Gasteiger partial charge on any atom is 0.286 e. The number of ether oxygens (including phenoxy) is 1. The van der Waals surface area contributed by atoms with Crippen LogP contribution in [0.15, 0.2) is 44.6 Å². The first-order valence-electron chi connectivity index (χ1n) is 8.88. The van der Waals surface area contributed by atoms with Crippen LogP contribution in [0.25, 0.3) is 17.4 Å². The van der Waals surface area contributed by atoms with E-state index >= 15 is 0 Å². The van der Waals surface area contributed by atoms with Gasteiger partial charge < -0.3 is 14.1 Å². The van der Waals surface area contributed by atoms with Crippen molar-refractivity contribution in [3.8, 4) is 11.3 Å². The first kappa shape index (κ1) is 19.6. The SMILES string of the molecule is CC1CN(C2=NC(=O)/C(=C\c3ccc(-c4c(Cl)cccc4Cl)o3)S2)CC(C)O1. The van der Waals surface area contributed by atoms with E-state index in [1.54, 1.807) is 36.4 Å². The zero-order valence-electron chi connectivity index (χ0n) is 15.3. The number of hydrogen-bond donors (Lipinski definition) is 0. The van der Waals surface area contributed by atoms with Crippen molar-refractivity contribution in [2.45, 2.75) is 26.1 Å². The number of halogens is 2. The molecule has 1 aromatic carbocycles. The lowest BCUT2D eigenvalue weighted by Gasteiger charge is -2.35. The molecule has 2 aliphatic heterocycles. The molecule has 2 aliphatic rings. The molecule has 1 saturated heterocycles. The highest BCUT2D eigenvalue weighted by atomic mass is 35.5. The molecular weight excluding hydrogens is 419 g/mol. The van der Waals surface area contributed by atoms with E-state index in [0.29, 0.717) is 50.3 Å². The van der Waals surface area contributed by atoms with E-state index in [-0.39, 0.29) is 18.1 Å². The summed E-state index contributed by atoms with van der Waals surface area (Å²) in [4.78, 5) is 19.2. The van der Waals surface area contributed by atoms with Crippen LogP contribution in [-0.4, -0.2) is 41.3 Å². The minimum absolute atomic E-state index is 0.100. The molecule has 0 spiro atoms. The van der Waals surface area contributed by atoms with Crippen LogP contribution < -0.4 is 0 Å². The molecule has 2 unspecified atom stereocenters. The molecule has 28 heavy (non-hydrogen) atoms. The van der Waals surface area contributed by atoms with Gasteiger partial charge in [-0.2, -0.15) is 4.99 Å². The number of amides is 1. The molecule has 1 aromatic heterocycles. The second kappa shape index (κ2) is 7.95. The highest BCUT2D eigenvalue weighted by Gasteiger charge is 2.31. The third-order valence-corrected chi connectivity index (χ3v) is 6.08. The van der Waals surface area contributed by atoms with Crippen LogP contribution in [0.5, 0.6) is 0 Å². The minimum atomic E-state index is -0.263. The van der Waals surface area contributed by atoms with Crippen LogP contribution in [0, 0.1) is 0 Å². The lowest BCUT2D eigenvalue weighted by Crippen LogP contribution is -2.47. The maximum absolute atomic E-state index is 12.4. The molecule has 0 bridgehead atoms. The Morgan fingerprint density at radius 2 is 1.82 bits per heavy atom. The van der Waals surface area contributed by atoms with Gasteiger partial charge in [0.05, 0.1) is 32.7 Å². The van der Waals surface area contributed by atoms with Crippen LogP contribution >= 0.6 is 35.0 Å². The lowest BCUT2D eigenvalue weighted by molar-refractivity contribution is -0.113. The van der Waals surface area contributed by atoms with E-state index in [1.165, 1.54) is 11.8 Å². The summed E-state index contributed by atoms with van der Waals surface area (Å²) in [5.74, 6) is 0.831. The molecule has 0 N–H and O–H groups in total. The number of aliphatic imine (C=N–C) groups is 1. The smallest absolute Gasteiger partial charge is 0.286 e. The number of thioether (sulfide) groups is 1. The molecule has 0 saturated carbocycles. The second-order valence-corrected chi connectivity index (χ2v) is 8.59. The highest BCUT2D eigenvalue weighted by molar-refractivity contribution is 8.18. The largest absolute Gasteiger partial charge is 0.457 e. The Hall–Kier alpha value is -1.73. The van der Waals surface area contributed by atoms with Gasteiger partial charge in [0, 0.05) is 19.2 Å². The van der Waals surface area contributed by atoms with Gasteiger partial charge in [0.1, 0.15) is 11.5 Å². The fourth-order valence-corrected chi connectivity index (χ4v) is 4.79. The second-order valence-electron chi connectivity index (χ2n) is 6.77. The predicted molar refractivity (Wildman–Crippen MR) is 114 cm³/mol. The molecule has 0 radical (unpaired) electrons. The van der Waals surface area contributed by atoms with E-state index < -0.39 is 0 Å². The zero-order valence-corrected chi connectivity index (χ0v) is 17.6. The Balaban J connectivity index is 1.53. The average Bonchev–Trinajstić information content (AvgIpc) is 3.22. The number of benzene rings is 1. The van der Waals surface area contributed by atoms with E-state index in [9.17, 15) is 4.79 Å². The molecule has 5 nitrogen and oxygen atoms in total. The van der Waals surface area contributed by atoms with Gasteiger partial charge in [-0.15, -0.1) is 0 Å². The van der Waals surface area contributed by atoms with Crippen LogP contribution in [0.4, 0.5) is 0 Å². The Kier molecular flexibility index (Phi) is 5.56. The Labute approximate surface area is 177 Å². The molecule has 2 atom stereocenters. The first-order chi connectivity index (χ1) is 13.4. The van der Waals surface area contributed by atoms with E-state index in [2.05, 4.69) is 9.89 Å². The number of rotatable bonds is 2. The van der Waals surface area contributed by atoms with Gasteiger partial charge in [0.2, 0.25) is 0 Å². The number of carbonyl (C=O) groups excluding carboxylic acids is 1. The topological polar surface area (TPSA) is 55.0 Å². The van der Waals surface area contributed by atoms with Crippen molar-refractivity contribution in [1.82, 2.24) is 4.90 Å². The summed E-state index contributed by atoms with van der Waals surface area (Å²) >= 11 is 13.8. The summed E-state index contributed by atoms with van der Waals surface area (Å²) in [7, 11) is 0. The fourth-order valence-electron chi connectivity index (χ4n) is 3.29. The highest BCUT2D eigenvalue weighted by Crippen LogP contribution is 2.37. The predicted octanol–water partition coefficient (Wildman–Crippen LogP) is 5.33. The van der Waals surface area contributed by atoms with Crippen molar-refractivity contribution in [2.75, 3.05) is 13.1 Å². The van der Waals surface area contributed by atoms with Crippen molar-refractivity contribution in [1.29, 1.82) is 0 Å². The normalized spacial score (nSPS) is 24.1. The summed E-state index contributed by atoms with van der Waals surface area (Å²) in [6.45, 7) is 5.47. The summed E-state index contributed by atoms with van der Waals surface area (Å²) in [5, 5.41) is 1.72. The Morgan fingerprint density at radius 1 is 1.14 bits per heavy atom. The molecule has 1 fully saturated rings. The van der Waals surface area contributed by atoms with Crippen molar-refractivity contribution in [3.63, 3.8) is 0 Å². The van der Waals surface area contributed by atoms with Gasteiger partial charge in [-0.3, -0.25) is 4.79 Å². The van der Waals surface area contributed by atoms with Crippen LogP contribution in [0.1, 0.15) is 19.6 Å². The molecule has 8 heteroatoms. The summed E-state index contributed by atoms with van der Waals surface area (Å²) in [6, 6.07) is 8.86. The van der Waals surface area contributed by atoms with E-state index in [1.807, 2.05) is 13.8 Å². The standard InChI is InChI=1S/C20H18Cl2N2O3S/c1-11-9-24(10-12(2)26-11)20-23-19(25)17(28-20)8-13-6-7-16(27-13)18-14(21)4-3-5-15(18)22/h3-8,11-12H,9-10H2,1-2H3/b17-8+. The maximum atomic E-state index is 12.4. The molecule has 3 heterocycles. The quantitative estimate of drug-likeness (QED) is 0.595. The van der Waals surface area contributed by atoms with Gasteiger partial charge in [-0.25, -0.2) is 0 Å². The van der Waals surface area contributed by atoms with Crippen molar-refractivity contribution < 1.29 is 13.9 Å². The van der Waals surface area contributed by atoms with Crippen molar-refractivity contribution in [2.24, 2.45) is 4.99 Å². The molecule has 2 aromatic rings. The molecule has 0 aliphatic carbocycles. The minimum Gasteiger partial charge on any atom is -0.457 e. The van der Waals surface area contributed by atoms with Gasteiger partial charge in [-0.05, 0) is 49.9 Å². The number of hydrogen-bond acceptors (Lipinski definition) is 5. The third kappa shape index (κ3) is 4.01. The van der Waals surface area contributed by atoms with Gasteiger partial charge in [0.15, 0.2) is 5.17 Å². The van der Waals surface area contributed by atoms with E-state index in [4.69, 9.17) is 32.4 Å². The van der Waals surface area contributed by atoms with Crippen molar-refractivity contribution >= 4 is 52.1 Å². The monoisotopic (exact) mass is 436 g/mol. The van der Waals surface area contributed by atoms with E-state index in [0.717, 1.165) is 0 Å². The molecule has 1 amide bonds. The average molecular weight is 437 g/mol. The first-order valence-corrected chi connectivity index (χ1v) is 10.4. The number of morpholine rings is 1. The van der Waals surface area contributed by atoms with Gasteiger partial charge >= 0.3 is 0 Å². The van der Waals surface area contributed by atoms with Crippen molar-refractivity contribution in [3.05, 3.63) is 51.0 Å². The molecular formula is C20H18Cl2N2O3S. The van der Waals surface area contributed by atoms with Gasteiger partial charge in [0.25, 0.3) is 5.91 Å². The summed E-state index contributed by atoms with van der Waals surface area (Å²) in [5.41, 5.74) is 0.633. The number of nitrogens with zero attached hydrogens (tertiary/aromatic N) is 2. The van der Waals surface area contributed by atoms with Crippen LogP contribution in [0.2, 0.25) is 10.0 Å². The van der Waals surface area contributed by atoms with Crippen LogP contribution in [-0.2, 0) is 9.53 Å². The molecule has 4 rings (SSSR count). The third-order valence-electron chi connectivity index (χ3n) is 4.41. The Morgan fingerprint density at radius 3 is 2.50 bits per heavy atom.